The number of fused-ring (bicyclic) bond motifs is 1. The molecule has 0 amide bonds. The normalized spacial score (nSPS) is 10.8. The van der Waals surface area contributed by atoms with E-state index in [0.717, 1.165) is 5.69 Å². The maximum absolute atomic E-state index is 13.0. The van der Waals surface area contributed by atoms with E-state index in [1.165, 1.54) is 24.5 Å². The number of aromatic nitrogens is 2. The van der Waals surface area contributed by atoms with Gasteiger partial charge in [0.05, 0.1) is 25.1 Å². The molecular weight excluding hydrogens is 408 g/mol. The molecule has 9 heteroatoms. The van der Waals surface area contributed by atoms with Crippen LogP contribution in [0.2, 0.25) is 0 Å². The Kier molecular flexibility index (Phi) is 6.19. The lowest BCUT2D eigenvalue weighted by Gasteiger charge is -2.15. The highest BCUT2D eigenvalue weighted by Crippen LogP contribution is 2.29. The number of rotatable bonds is 5. The summed E-state index contributed by atoms with van der Waals surface area (Å²) < 4.78 is 11.9. The number of aromatic amines is 1. The maximum atomic E-state index is 13.0. The van der Waals surface area contributed by atoms with E-state index in [0.29, 0.717) is 28.3 Å². The Morgan fingerprint density at radius 2 is 1.72 bits per heavy atom. The molecule has 0 aliphatic carbocycles. The van der Waals surface area contributed by atoms with E-state index in [1.807, 2.05) is 24.3 Å². The number of nitrogens with one attached hydrogen (secondary N) is 3. The van der Waals surface area contributed by atoms with Gasteiger partial charge in [0.15, 0.2) is 21.4 Å². The molecule has 3 N–H and O–H groups in total. The number of thiocarbonyl (C=S) groups is 1. The van der Waals surface area contributed by atoms with Crippen LogP contribution >= 0.6 is 24.4 Å². The van der Waals surface area contributed by atoms with Gasteiger partial charge in [-0.25, -0.2) is 0 Å². The molecule has 0 fully saturated rings. The standard InChI is InChI=1S/C20H22N4O3S2/c1-11(2)12-5-7-13(8-6-12)21-19(28)23-24-18(25)14-9-16(26-3)17(27-4)10-15(14)22-20(24)29/h5-11H,1-4H3,(H,22,29)(H2,21,23,28). The summed E-state index contributed by atoms with van der Waals surface area (Å²) in [4.78, 5) is 16.0. The van der Waals surface area contributed by atoms with Crippen molar-refractivity contribution in [3.05, 3.63) is 57.1 Å². The molecule has 0 unspecified atom stereocenters. The van der Waals surface area contributed by atoms with Crippen molar-refractivity contribution in [3.63, 3.8) is 0 Å². The molecule has 0 atom stereocenters. The fourth-order valence-corrected chi connectivity index (χ4v) is 3.30. The minimum Gasteiger partial charge on any atom is -0.493 e. The third-order valence-electron chi connectivity index (χ3n) is 4.45. The number of H-pyrrole nitrogens is 1. The monoisotopic (exact) mass is 430 g/mol. The fourth-order valence-electron chi connectivity index (χ4n) is 2.86. The quantitative estimate of drug-likeness (QED) is 0.525. The van der Waals surface area contributed by atoms with E-state index < -0.39 is 0 Å². The van der Waals surface area contributed by atoms with Crippen molar-refractivity contribution in [1.29, 1.82) is 0 Å². The highest BCUT2D eigenvalue weighted by Gasteiger charge is 2.12. The summed E-state index contributed by atoms with van der Waals surface area (Å²) in [6.07, 6.45) is 0. The van der Waals surface area contributed by atoms with Gasteiger partial charge in [-0.05, 0) is 54.1 Å². The largest absolute Gasteiger partial charge is 0.493 e. The number of hydrogen-bond acceptors (Lipinski definition) is 5. The predicted octanol–water partition coefficient (Wildman–Crippen LogP) is 4.14. The predicted molar refractivity (Wildman–Crippen MR) is 123 cm³/mol. The number of ether oxygens (including phenoxy) is 2. The average Bonchev–Trinajstić information content (AvgIpc) is 2.70. The zero-order valence-corrected chi connectivity index (χ0v) is 18.2. The molecule has 7 nitrogen and oxygen atoms in total. The lowest BCUT2D eigenvalue weighted by molar-refractivity contribution is 0.355. The van der Waals surface area contributed by atoms with Crippen molar-refractivity contribution >= 4 is 46.1 Å². The van der Waals surface area contributed by atoms with E-state index in [-0.39, 0.29) is 15.4 Å². The Hall–Kier alpha value is -2.91. The van der Waals surface area contributed by atoms with E-state index >= 15 is 0 Å². The first-order valence-corrected chi connectivity index (χ1v) is 9.74. The molecule has 152 valence electrons. The van der Waals surface area contributed by atoms with Crippen LogP contribution in [0.15, 0.2) is 41.2 Å². The number of methoxy groups -OCH3 is 2. The summed E-state index contributed by atoms with van der Waals surface area (Å²) in [7, 11) is 3.04. The Morgan fingerprint density at radius 1 is 1.10 bits per heavy atom. The second-order valence-electron chi connectivity index (χ2n) is 6.67. The molecule has 0 aliphatic heterocycles. The summed E-state index contributed by atoms with van der Waals surface area (Å²) in [5, 5.41) is 3.68. The van der Waals surface area contributed by atoms with E-state index in [4.69, 9.17) is 33.9 Å². The first-order valence-electron chi connectivity index (χ1n) is 8.93. The third kappa shape index (κ3) is 4.41. The zero-order chi connectivity index (χ0) is 21.1. The Balaban J connectivity index is 1.90. The van der Waals surface area contributed by atoms with Gasteiger partial charge in [0.1, 0.15) is 0 Å². The van der Waals surface area contributed by atoms with Crippen LogP contribution in [0, 0.1) is 4.77 Å². The minimum absolute atomic E-state index is 0.175. The third-order valence-corrected chi connectivity index (χ3v) is 4.93. The van der Waals surface area contributed by atoms with Crippen LogP contribution in [0.4, 0.5) is 5.69 Å². The lowest BCUT2D eigenvalue weighted by atomic mass is 10.0. The average molecular weight is 431 g/mol. The molecule has 0 bridgehead atoms. The molecular formula is C20H22N4O3S2. The van der Waals surface area contributed by atoms with Crippen molar-refractivity contribution in [2.75, 3.05) is 25.0 Å². The number of nitrogens with zero attached hydrogens (tertiary/aromatic N) is 1. The Labute approximate surface area is 178 Å². The van der Waals surface area contributed by atoms with Crippen molar-refractivity contribution in [2.45, 2.75) is 19.8 Å². The van der Waals surface area contributed by atoms with Gasteiger partial charge < -0.3 is 19.8 Å². The van der Waals surface area contributed by atoms with Crippen LogP contribution in [-0.4, -0.2) is 29.0 Å². The summed E-state index contributed by atoms with van der Waals surface area (Å²) in [6.45, 7) is 4.26. The lowest BCUT2D eigenvalue weighted by Crippen LogP contribution is -2.36. The summed E-state index contributed by atoms with van der Waals surface area (Å²) in [6, 6.07) is 11.2. The van der Waals surface area contributed by atoms with Crippen molar-refractivity contribution in [3.8, 4) is 11.5 Å². The number of hydrogen-bond donors (Lipinski definition) is 3. The molecule has 0 spiro atoms. The van der Waals surface area contributed by atoms with Gasteiger partial charge in [0, 0.05) is 11.8 Å². The first kappa shape index (κ1) is 20.8. The molecule has 0 radical (unpaired) electrons. The first-order chi connectivity index (χ1) is 13.8. The highest BCUT2D eigenvalue weighted by atomic mass is 32.1. The molecule has 0 saturated heterocycles. The molecule has 3 aromatic rings. The zero-order valence-electron chi connectivity index (χ0n) is 16.5. The van der Waals surface area contributed by atoms with Crippen LogP contribution in [0.5, 0.6) is 11.5 Å². The van der Waals surface area contributed by atoms with Gasteiger partial charge in [-0.1, -0.05) is 26.0 Å². The SMILES string of the molecule is COc1cc2[nH]c(=S)n(NC(=S)Nc3ccc(C(C)C)cc3)c(=O)c2cc1OC. The molecule has 1 aromatic heterocycles. The number of benzene rings is 2. The van der Waals surface area contributed by atoms with E-state index in [9.17, 15) is 4.79 Å². The minimum atomic E-state index is -0.357. The van der Waals surface area contributed by atoms with Crippen LogP contribution in [0.25, 0.3) is 10.9 Å². The highest BCUT2D eigenvalue weighted by molar-refractivity contribution is 7.80. The van der Waals surface area contributed by atoms with Gasteiger partial charge in [0.2, 0.25) is 0 Å². The van der Waals surface area contributed by atoms with Crippen LogP contribution in [0.1, 0.15) is 25.3 Å². The summed E-state index contributed by atoms with van der Waals surface area (Å²) in [5.74, 6) is 1.39. The van der Waals surface area contributed by atoms with E-state index in [1.54, 1.807) is 12.1 Å². The maximum Gasteiger partial charge on any atom is 0.281 e. The van der Waals surface area contributed by atoms with E-state index in [2.05, 4.69) is 29.6 Å². The fraction of sp³-hybridized carbons (Fsp3) is 0.250. The van der Waals surface area contributed by atoms with Crippen molar-refractivity contribution < 1.29 is 9.47 Å². The smallest absolute Gasteiger partial charge is 0.281 e. The molecule has 3 rings (SSSR count). The second-order valence-corrected chi connectivity index (χ2v) is 7.46. The molecule has 0 saturated carbocycles. The van der Waals surface area contributed by atoms with Gasteiger partial charge in [-0.15, -0.1) is 0 Å². The Morgan fingerprint density at radius 3 is 2.31 bits per heavy atom. The molecule has 29 heavy (non-hydrogen) atoms. The van der Waals surface area contributed by atoms with Crippen LogP contribution in [0.3, 0.4) is 0 Å². The van der Waals surface area contributed by atoms with Crippen molar-refractivity contribution in [2.24, 2.45) is 0 Å². The van der Waals surface area contributed by atoms with Crippen molar-refractivity contribution in [1.82, 2.24) is 9.66 Å². The van der Waals surface area contributed by atoms with Gasteiger partial charge in [-0.3, -0.25) is 10.2 Å². The summed E-state index contributed by atoms with van der Waals surface area (Å²) in [5.41, 5.74) is 5.06. The molecule has 2 aromatic carbocycles. The summed E-state index contributed by atoms with van der Waals surface area (Å²) >= 11 is 10.7. The van der Waals surface area contributed by atoms with Crippen LogP contribution < -0.4 is 25.8 Å². The topological polar surface area (TPSA) is 80.3 Å². The van der Waals surface area contributed by atoms with Gasteiger partial charge in [-0.2, -0.15) is 4.68 Å². The van der Waals surface area contributed by atoms with Gasteiger partial charge in [0.25, 0.3) is 5.56 Å². The second kappa shape index (κ2) is 8.62. The molecule has 1 heterocycles. The van der Waals surface area contributed by atoms with Gasteiger partial charge >= 0.3 is 0 Å². The number of anilines is 1. The van der Waals surface area contributed by atoms with Crippen LogP contribution in [-0.2, 0) is 0 Å². The molecule has 0 aliphatic rings. The Bertz CT molecular complexity index is 1170.